The Kier molecular flexibility index (Phi) is 19.8. The molecule has 0 N–H and O–H groups in total. The van der Waals surface area contributed by atoms with Gasteiger partial charge in [0.1, 0.15) is 5.65 Å². The van der Waals surface area contributed by atoms with Crippen LogP contribution >= 0.6 is 11.3 Å². The average Bonchev–Trinajstić information content (AvgIpc) is 1.59. The summed E-state index contributed by atoms with van der Waals surface area (Å²) in [4.78, 5) is 40.1. The van der Waals surface area contributed by atoms with Crippen LogP contribution in [0.15, 0.2) is 516 Å². The van der Waals surface area contributed by atoms with Gasteiger partial charge in [0, 0.05) is 142 Å². The van der Waals surface area contributed by atoms with Gasteiger partial charge in [-0.3, -0.25) is 13.7 Å². The number of thiophene rings is 1. The summed E-state index contributed by atoms with van der Waals surface area (Å²) in [5.41, 5.74) is 27.6. The van der Waals surface area contributed by atoms with E-state index in [2.05, 4.69) is 327 Å². The Morgan fingerprint density at radius 2 is 0.561 bits per heavy atom. The van der Waals surface area contributed by atoms with Gasteiger partial charge in [-0.2, -0.15) is 9.97 Å². The Hall–Kier alpha value is -19.8. The van der Waals surface area contributed by atoms with Crippen molar-refractivity contribution in [2.24, 2.45) is 0 Å². The lowest BCUT2D eigenvalue weighted by Crippen LogP contribution is -2.06. The molecule has 14 heteroatoms. The Morgan fingerprint density at radius 1 is 0.196 bits per heavy atom. The summed E-state index contributed by atoms with van der Waals surface area (Å²) >= 11 is 1.86. The first-order chi connectivity index (χ1) is 75.4. The lowest BCUT2D eigenvalue weighted by Gasteiger charge is -2.12. The van der Waals surface area contributed by atoms with Crippen LogP contribution in [0, 0.1) is 0 Å². The molecule has 13 nitrogen and oxygen atoms in total. The molecule has 0 spiro atoms. The van der Waals surface area contributed by atoms with Crippen LogP contribution in [-0.2, 0) is 0 Å². The molecule has 0 saturated carbocycles. The number of benzene rings is 20. The van der Waals surface area contributed by atoms with Gasteiger partial charge in [0.2, 0.25) is 11.9 Å². The van der Waals surface area contributed by atoms with E-state index in [1.165, 1.54) is 63.9 Å². The summed E-state index contributed by atoms with van der Waals surface area (Å²) in [5.74, 6) is 3.14. The van der Waals surface area contributed by atoms with E-state index in [1.54, 1.807) is 4.57 Å². The van der Waals surface area contributed by atoms with Crippen molar-refractivity contribution in [1.29, 1.82) is 0 Å². The van der Waals surface area contributed by atoms with E-state index in [-0.39, 0.29) is 29.9 Å². The molecule has 10 heterocycles. The topological polar surface area (TPSA) is 128 Å². The van der Waals surface area contributed by atoms with Gasteiger partial charge in [-0.1, -0.05) is 352 Å². The summed E-state index contributed by atoms with van der Waals surface area (Å²) in [7, 11) is 0. The van der Waals surface area contributed by atoms with Gasteiger partial charge in [0.15, 0.2) is 17.5 Å². The van der Waals surface area contributed by atoms with E-state index in [9.17, 15) is 0 Å². The number of pyridine rings is 1. The van der Waals surface area contributed by atoms with Crippen LogP contribution in [0.5, 0.6) is 0 Å². The summed E-state index contributed by atoms with van der Waals surface area (Å²) < 4.78 is 55.7. The summed E-state index contributed by atoms with van der Waals surface area (Å²) in [6, 6.07) is 163. The fraction of sp³-hybridized carbons (Fsp3) is 0. The smallest absolute Gasteiger partial charge is 0.238 e. The van der Waals surface area contributed by atoms with Gasteiger partial charge in [0.25, 0.3) is 0 Å². The van der Waals surface area contributed by atoms with Crippen LogP contribution in [0.25, 0.3) is 270 Å². The molecule has 0 aliphatic carbocycles. The minimum Gasteiger partial charge on any atom is -0.309 e. The number of hydrogen-bond donors (Lipinski definition) is 0. The first-order valence-corrected chi connectivity index (χ1v) is 50.1. The maximum absolute atomic E-state index is 8.75. The summed E-state index contributed by atoms with van der Waals surface area (Å²) in [6.07, 6.45) is 3.83. The molecule has 30 rings (SSSR count). The molecule has 0 bridgehead atoms. The van der Waals surface area contributed by atoms with Crippen molar-refractivity contribution >= 4 is 151 Å². The van der Waals surface area contributed by atoms with E-state index in [0.29, 0.717) is 29.4 Å². The maximum atomic E-state index is 8.75. The fourth-order valence-electron chi connectivity index (χ4n) is 21.5. The molecular formula is C134H85N13S. The van der Waals surface area contributed by atoms with E-state index < -0.39 is 6.04 Å². The molecule has 0 unspecified atom stereocenters. The van der Waals surface area contributed by atoms with Gasteiger partial charge < -0.3 is 9.13 Å². The van der Waals surface area contributed by atoms with Crippen LogP contribution in [-0.4, -0.2) is 62.7 Å². The van der Waals surface area contributed by atoms with E-state index in [4.69, 9.17) is 41.7 Å². The van der Waals surface area contributed by atoms with Crippen molar-refractivity contribution in [1.82, 2.24) is 62.7 Å². The van der Waals surface area contributed by atoms with E-state index in [1.807, 2.05) is 194 Å². The van der Waals surface area contributed by atoms with Gasteiger partial charge in [0.05, 0.1) is 73.6 Å². The molecule has 692 valence electrons. The van der Waals surface area contributed by atoms with Crippen LogP contribution in [0.2, 0.25) is 0 Å². The number of para-hydroxylation sites is 6. The Bertz CT molecular complexity index is 10600. The minimum atomic E-state index is -0.411. The molecule has 0 aliphatic heterocycles. The number of fused-ring (bicyclic) bond motifs is 20. The zero-order chi connectivity index (χ0) is 102. The Balaban J connectivity index is 0.000000110. The predicted molar refractivity (Wildman–Crippen MR) is 613 cm³/mol. The fourth-order valence-corrected chi connectivity index (χ4v) is 22.6. The second-order valence-corrected chi connectivity index (χ2v) is 38.0. The standard InChI is InChI=1S/C48H30N6.C46H30N4.C40H25N3S/c1-4-14-31(15-5-1)45-50-46(32-16-6-2-7-17-32)52-48(51-45)54-41-23-13-12-22-38(41)39-28-33(24-26-42(39)54)34-25-27-43-40(29-34)44-37-21-11-10-18-35(37)30-49-47(44)53(43)36-19-8-3-9-20-36;1-4-14-31(15-5-1)40-30-41(32-16-6-2-7-17-32)48-46(47-40)50-43-23-13-11-21-37(43)39-29-34(25-27-45(39)50)33-24-26-44-38(28-33)36-20-10-12-22-42(36)49(44)35-18-8-3-9-19-35;1-2-9-26(10-3-1)35-21-22-41-40(42-35)29-11-8-12-30(23-29)43-36-15-6-4-13-31(36)33-24-27(17-19-37(33)43)28-18-20-39-34(25-28)32-14-5-7-16-38(32)44-39/h1-30H;1-30H;1-25H/i;3D,8D,9D,18D,19D;. The van der Waals surface area contributed by atoms with Gasteiger partial charge >= 0.3 is 0 Å². The van der Waals surface area contributed by atoms with Crippen molar-refractivity contribution in [3.05, 3.63) is 516 Å². The van der Waals surface area contributed by atoms with Gasteiger partial charge in [-0.15, -0.1) is 11.3 Å². The zero-order valence-electron chi connectivity index (χ0n) is 84.4. The van der Waals surface area contributed by atoms with Crippen LogP contribution in [0.4, 0.5) is 0 Å². The van der Waals surface area contributed by atoms with Crippen LogP contribution < -0.4 is 0 Å². The molecule has 0 atom stereocenters. The summed E-state index contributed by atoms with van der Waals surface area (Å²) in [5, 5.41) is 16.0. The first-order valence-electron chi connectivity index (χ1n) is 51.8. The molecule has 0 aliphatic rings. The number of aromatic nitrogens is 13. The van der Waals surface area contributed by atoms with Crippen molar-refractivity contribution in [2.75, 3.05) is 0 Å². The summed E-state index contributed by atoms with van der Waals surface area (Å²) in [6.45, 7) is 0. The first kappa shape index (κ1) is 80.8. The molecule has 20 aromatic carbocycles. The van der Waals surface area contributed by atoms with Gasteiger partial charge in [-0.05, 0) is 190 Å². The molecule has 148 heavy (non-hydrogen) atoms. The maximum Gasteiger partial charge on any atom is 0.238 e. The number of rotatable bonds is 14. The lowest BCUT2D eigenvalue weighted by molar-refractivity contribution is 0.953. The second kappa shape index (κ2) is 36.3. The molecule has 30 aromatic rings. The third-order valence-corrected chi connectivity index (χ3v) is 29.5. The van der Waals surface area contributed by atoms with Crippen LogP contribution in [0.3, 0.4) is 0 Å². The lowest BCUT2D eigenvalue weighted by atomic mass is 9.99. The highest BCUT2D eigenvalue weighted by Gasteiger charge is 2.26. The second-order valence-electron chi connectivity index (χ2n) is 36.9. The predicted octanol–water partition coefficient (Wildman–Crippen LogP) is 34.2. The van der Waals surface area contributed by atoms with Crippen molar-refractivity contribution in [2.45, 2.75) is 0 Å². The molecule has 0 saturated heterocycles. The number of nitrogens with zero attached hydrogens (tertiary/aromatic N) is 13. The molecule has 10 aromatic heterocycles. The van der Waals surface area contributed by atoms with Crippen LogP contribution in [0.1, 0.15) is 6.85 Å². The van der Waals surface area contributed by atoms with Crippen molar-refractivity contribution < 1.29 is 6.85 Å². The monoisotopic (exact) mass is 1910 g/mol. The van der Waals surface area contributed by atoms with Crippen molar-refractivity contribution in [3.63, 3.8) is 0 Å². The largest absolute Gasteiger partial charge is 0.309 e. The average molecular weight is 1910 g/mol. The highest BCUT2D eigenvalue weighted by Crippen LogP contribution is 2.46. The highest BCUT2D eigenvalue weighted by molar-refractivity contribution is 7.25. The zero-order valence-corrected chi connectivity index (χ0v) is 80.2. The SMILES string of the molecule is [2H]c1c([2H])c([2H])c(-n2c3ccccc3c3cc(-c4ccc5c(c4)c4ccccc4n5-c4nc(-c5ccccc5)cc(-c5ccccc5)n4)ccc32)c([2H])c1[2H].c1ccc(-c2ccnc(-c3cccc(-n4c5ccccc5c5cc(-c6ccc7sc8ccccc8c7c6)ccc54)c3)n2)cc1.c1ccc(-c2nc(-c3ccccc3)nc(-n3c4ccccc4c4cc(-c5ccc6c(c5)c5c7ccccc7cnc5n6-c5ccccc5)ccc43)n2)cc1. The Labute approximate surface area is 861 Å². The highest BCUT2D eigenvalue weighted by atomic mass is 32.1. The third kappa shape index (κ3) is 15.2. The van der Waals surface area contributed by atoms with E-state index >= 15 is 0 Å². The molecule has 0 fully saturated rings. The number of hydrogen-bond acceptors (Lipinski definition) is 9. The molecule has 0 radical (unpaired) electrons. The Morgan fingerprint density at radius 3 is 1.07 bits per heavy atom. The van der Waals surface area contributed by atoms with Crippen molar-refractivity contribution in [3.8, 4) is 130 Å². The quantitative estimate of drug-likeness (QED) is 0.105. The minimum absolute atomic E-state index is 0.133. The normalized spacial score (nSPS) is 12.1. The van der Waals surface area contributed by atoms with Gasteiger partial charge in [-0.25, -0.2) is 29.9 Å². The molecule has 0 amide bonds. The molecular weight excluding hydrogens is 1820 g/mol. The third-order valence-electron chi connectivity index (χ3n) is 28.3. The van der Waals surface area contributed by atoms with E-state index in [0.717, 1.165) is 171 Å².